The van der Waals surface area contributed by atoms with Crippen LogP contribution in [-0.4, -0.2) is 45.3 Å². The van der Waals surface area contributed by atoms with Gasteiger partial charge in [-0.25, -0.2) is 4.79 Å². The van der Waals surface area contributed by atoms with E-state index in [1.54, 1.807) is 10.8 Å². The molecule has 1 fully saturated rings. The number of nitrogens with zero attached hydrogens (tertiary/aromatic N) is 4. The highest BCUT2D eigenvalue weighted by Gasteiger charge is 2.17. The lowest BCUT2D eigenvalue weighted by atomic mass is 10.0. The second-order valence-electron chi connectivity index (χ2n) is 8.95. The normalized spacial score (nSPS) is 14.4. The lowest BCUT2D eigenvalue weighted by Gasteiger charge is -2.30. The van der Waals surface area contributed by atoms with E-state index in [1.165, 1.54) is 19.5 Å². The van der Waals surface area contributed by atoms with E-state index >= 15 is 0 Å². The Kier molecular flexibility index (Phi) is 5.47. The Morgan fingerprint density at radius 3 is 2.50 bits per heavy atom. The van der Waals surface area contributed by atoms with Gasteiger partial charge in [0.2, 0.25) is 0 Å². The van der Waals surface area contributed by atoms with Crippen LogP contribution in [0.4, 0.5) is 0 Å². The van der Waals surface area contributed by atoms with Crippen LogP contribution in [0.2, 0.25) is 0 Å². The Morgan fingerprint density at radius 1 is 1.06 bits per heavy atom. The van der Waals surface area contributed by atoms with E-state index in [-0.39, 0.29) is 11.7 Å². The van der Waals surface area contributed by atoms with Crippen molar-refractivity contribution in [1.29, 1.82) is 0 Å². The summed E-state index contributed by atoms with van der Waals surface area (Å²) in [5.41, 5.74) is 4.90. The molecule has 1 aliphatic rings. The van der Waals surface area contributed by atoms with Crippen LogP contribution in [0.15, 0.2) is 53.5 Å². The largest absolute Gasteiger partial charge is 0.494 e. The van der Waals surface area contributed by atoms with Crippen molar-refractivity contribution in [2.45, 2.75) is 32.7 Å². The zero-order valence-electron chi connectivity index (χ0n) is 19.0. The molecule has 32 heavy (non-hydrogen) atoms. The van der Waals surface area contributed by atoms with Gasteiger partial charge in [-0.3, -0.25) is 14.1 Å². The smallest absolute Gasteiger partial charge is 0.329 e. The van der Waals surface area contributed by atoms with Gasteiger partial charge < -0.3 is 9.64 Å². The molecule has 0 amide bonds. The van der Waals surface area contributed by atoms with Gasteiger partial charge in [0, 0.05) is 25.0 Å². The average Bonchev–Trinajstić information content (AvgIpc) is 3.03. The SMILES string of the molecule is CC(C)n1c(=O)n(C)c2cnc3ccc(-c4ccc(OCCCN5CCC5)cc4)cc3c21. The number of pyridine rings is 1. The van der Waals surface area contributed by atoms with E-state index in [1.807, 2.05) is 43.7 Å². The number of aromatic nitrogens is 3. The molecule has 1 saturated heterocycles. The molecule has 0 spiro atoms. The highest BCUT2D eigenvalue weighted by molar-refractivity contribution is 6.04. The van der Waals surface area contributed by atoms with Gasteiger partial charge in [-0.2, -0.15) is 0 Å². The Balaban J connectivity index is 1.43. The minimum atomic E-state index is -0.00897. The van der Waals surface area contributed by atoms with Crippen LogP contribution in [0.3, 0.4) is 0 Å². The van der Waals surface area contributed by atoms with Crippen molar-refractivity contribution in [1.82, 2.24) is 19.0 Å². The second kappa shape index (κ2) is 8.43. The zero-order valence-corrected chi connectivity index (χ0v) is 19.0. The molecular weight excluding hydrogens is 400 g/mol. The lowest BCUT2D eigenvalue weighted by molar-refractivity contribution is 0.165. The van der Waals surface area contributed by atoms with Gasteiger partial charge in [0.15, 0.2) is 0 Å². The molecule has 0 atom stereocenters. The maximum Gasteiger partial charge on any atom is 0.329 e. The molecule has 2 aromatic carbocycles. The van der Waals surface area contributed by atoms with Crippen LogP contribution in [0.1, 0.15) is 32.7 Å². The number of ether oxygens (including phenoxy) is 1. The number of benzene rings is 2. The molecule has 2 aromatic heterocycles. The van der Waals surface area contributed by atoms with E-state index in [0.717, 1.165) is 58.4 Å². The van der Waals surface area contributed by atoms with Crippen LogP contribution in [-0.2, 0) is 7.05 Å². The highest BCUT2D eigenvalue weighted by Crippen LogP contribution is 2.30. The predicted octanol–water partition coefficient (Wildman–Crippen LogP) is 4.61. The lowest BCUT2D eigenvalue weighted by Crippen LogP contribution is -2.38. The van der Waals surface area contributed by atoms with Crippen molar-refractivity contribution < 1.29 is 4.74 Å². The Bertz CT molecular complexity index is 1310. The number of imidazole rings is 1. The Labute approximate surface area is 188 Å². The number of hydrogen-bond donors (Lipinski definition) is 0. The fourth-order valence-corrected chi connectivity index (χ4v) is 4.51. The third-order valence-electron chi connectivity index (χ3n) is 6.46. The zero-order chi connectivity index (χ0) is 22.2. The van der Waals surface area contributed by atoms with Gasteiger partial charge in [0.25, 0.3) is 0 Å². The number of likely N-dealkylation sites (tertiary alicyclic amines) is 1. The first-order valence-corrected chi connectivity index (χ1v) is 11.5. The molecular formula is C26H30N4O2. The number of hydrogen-bond acceptors (Lipinski definition) is 4. The maximum absolute atomic E-state index is 12.8. The van der Waals surface area contributed by atoms with Crippen LogP contribution >= 0.6 is 0 Å². The summed E-state index contributed by atoms with van der Waals surface area (Å²) in [6, 6.07) is 14.6. The minimum absolute atomic E-state index is 0.00897. The second-order valence-corrected chi connectivity index (χ2v) is 8.95. The first-order chi connectivity index (χ1) is 15.5. The standard InChI is InChI=1S/C26H30N4O2/c1-18(2)30-25-22-16-20(8-11-23(22)27-17-24(25)28(3)26(30)31)19-6-9-21(10-7-19)32-15-5-14-29-12-4-13-29/h6-11,16-18H,4-5,12-15H2,1-3H3. The summed E-state index contributed by atoms with van der Waals surface area (Å²) in [7, 11) is 1.81. The van der Waals surface area contributed by atoms with Crippen LogP contribution < -0.4 is 10.4 Å². The third-order valence-corrected chi connectivity index (χ3v) is 6.46. The van der Waals surface area contributed by atoms with Gasteiger partial charge >= 0.3 is 5.69 Å². The van der Waals surface area contributed by atoms with Crippen molar-refractivity contribution >= 4 is 21.9 Å². The van der Waals surface area contributed by atoms with Crippen molar-refractivity contribution in [2.24, 2.45) is 7.05 Å². The summed E-state index contributed by atoms with van der Waals surface area (Å²) in [5.74, 6) is 0.902. The first-order valence-electron chi connectivity index (χ1n) is 11.5. The number of aryl methyl sites for hydroxylation is 1. The monoisotopic (exact) mass is 430 g/mol. The topological polar surface area (TPSA) is 52.3 Å². The van der Waals surface area contributed by atoms with Gasteiger partial charge in [-0.15, -0.1) is 0 Å². The molecule has 3 heterocycles. The summed E-state index contributed by atoms with van der Waals surface area (Å²) < 4.78 is 9.47. The minimum Gasteiger partial charge on any atom is -0.494 e. The molecule has 0 aliphatic carbocycles. The predicted molar refractivity (Wildman–Crippen MR) is 129 cm³/mol. The fourth-order valence-electron chi connectivity index (χ4n) is 4.51. The molecule has 1 aliphatic heterocycles. The molecule has 0 saturated carbocycles. The molecule has 5 rings (SSSR count). The van der Waals surface area contributed by atoms with Gasteiger partial charge in [-0.05, 0) is 75.2 Å². The van der Waals surface area contributed by atoms with E-state index in [0.29, 0.717) is 0 Å². The number of fused-ring (bicyclic) bond motifs is 3. The van der Waals surface area contributed by atoms with E-state index in [9.17, 15) is 4.79 Å². The van der Waals surface area contributed by atoms with Crippen molar-refractivity contribution in [3.63, 3.8) is 0 Å². The van der Waals surface area contributed by atoms with Crippen molar-refractivity contribution in [2.75, 3.05) is 26.2 Å². The molecule has 0 bridgehead atoms. The molecule has 0 radical (unpaired) electrons. The molecule has 6 nitrogen and oxygen atoms in total. The van der Waals surface area contributed by atoms with Crippen molar-refractivity contribution in [3.05, 3.63) is 59.1 Å². The molecule has 0 unspecified atom stereocenters. The summed E-state index contributed by atoms with van der Waals surface area (Å²) in [4.78, 5) is 19.9. The third kappa shape index (κ3) is 3.69. The van der Waals surface area contributed by atoms with Crippen LogP contribution in [0.5, 0.6) is 5.75 Å². The van der Waals surface area contributed by atoms with Gasteiger partial charge in [0.05, 0.1) is 29.4 Å². The van der Waals surface area contributed by atoms with Crippen LogP contribution in [0, 0.1) is 0 Å². The van der Waals surface area contributed by atoms with Gasteiger partial charge in [0.1, 0.15) is 5.75 Å². The molecule has 6 heteroatoms. The molecule has 166 valence electrons. The highest BCUT2D eigenvalue weighted by atomic mass is 16.5. The summed E-state index contributed by atoms with van der Waals surface area (Å²) in [5, 5.41) is 0.998. The maximum atomic E-state index is 12.8. The van der Waals surface area contributed by atoms with Gasteiger partial charge in [-0.1, -0.05) is 18.2 Å². The number of rotatable bonds is 7. The fraction of sp³-hybridized carbons (Fsp3) is 0.385. The molecule has 4 aromatic rings. The molecule has 0 N–H and O–H groups in total. The van der Waals surface area contributed by atoms with E-state index < -0.39 is 0 Å². The first kappa shape index (κ1) is 20.8. The average molecular weight is 431 g/mol. The summed E-state index contributed by atoms with van der Waals surface area (Å²) in [6.07, 6.45) is 4.19. The van der Waals surface area contributed by atoms with Crippen LogP contribution in [0.25, 0.3) is 33.1 Å². The summed E-state index contributed by atoms with van der Waals surface area (Å²) in [6.45, 7) is 8.42. The van der Waals surface area contributed by atoms with E-state index in [4.69, 9.17) is 4.74 Å². The van der Waals surface area contributed by atoms with E-state index in [2.05, 4.69) is 34.1 Å². The Hall–Kier alpha value is -3.12. The van der Waals surface area contributed by atoms with Crippen molar-refractivity contribution in [3.8, 4) is 16.9 Å². The summed E-state index contributed by atoms with van der Waals surface area (Å²) >= 11 is 0. The quantitative estimate of drug-likeness (QED) is 0.402. The Morgan fingerprint density at radius 2 is 1.81 bits per heavy atom.